The third kappa shape index (κ3) is 4.98. The summed E-state index contributed by atoms with van der Waals surface area (Å²) >= 11 is 0. The number of unbranched alkanes of at least 4 members (excludes halogenated alkanes) is 2. The Morgan fingerprint density at radius 2 is 1.81 bits per heavy atom. The molecule has 0 atom stereocenters. The molecule has 116 valence electrons. The molecule has 0 heterocycles. The summed E-state index contributed by atoms with van der Waals surface area (Å²) in [6.07, 6.45) is 2.95. The van der Waals surface area contributed by atoms with E-state index >= 15 is 0 Å². The van der Waals surface area contributed by atoms with Gasteiger partial charge in [0.2, 0.25) is 6.41 Å². The van der Waals surface area contributed by atoms with Crippen LogP contribution in [0.1, 0.15) is 25.7 Å². The first-order valence-corrected chi connectivity index (χ1v) is 6.78. The number of amides is 1. The van der Waals surface area contributed by atoms with Crippen LogP contribution in [-0.4, -0.2) is 38.3 Å². The van der Waals surface area contributed by atoms with E-state index in [-0.39, 0.29) is 6.42 Å². The van der Waals surface area contributed by atoms with E-state index in [1.807, 2.05) is 0 Å². The zero-order valence-corrected chi connectivity index (χ0v) is 12.4. The monoisotopic (exact) mass is 295 g/mol. The SMILES string of the molecule is COc1cccc(OC)c1N(C=O)CCCCCC(=O)O. The van der Waals surface area contributed by atoms with E-state index in [4.69, 9.17) is 14.6 Å². The third-order valence-corrected chi connectivity index (χ3v) is 3.11. The zero-order chi connectivity index (χ0) is 15.7. The maximum atomic E-state index is 11.3. The average Bonchev–Trinajstić information content (AvgIpc) is 2.50. The van der Waals surface area contributed by atoms with Crippen molar-refractivity contribution in [2.24, 2.45) is 0 Å². The Morgan fingerprint density at radius 1 is 1.19 bits per heavy atom. The quantitative estimate of drug-likeness (QED) is 0.529. The van der Waals surface area contributed by atoms with Crippen molar-refractivity contribution >= 4 is 18.1 Å². The predicted molar refractivity (Wildman–Crippen MR) is 79.1 cm³/mol. The molecule has 0 aromatic heterocycles. The number of ether oxygens (including phenoxy) is 2. The number of benzene rings is 1. The molecule has 21 heavy (non-hydrogen) atoms. The summed E-state index contributed by atoms with van der Waals surface area (Å²) in [5.41, 5.74) is 0.593. The van der Waals surface area contributed by atoms with Gasteiger partial charge in [0.05, 0.1) is 14.2 Å². The molecule has 1 aromatic carbocycles. The van der Waals surface area contributed by atoms with Crippen LogP contribution in [-0.2, 0) is 9.59 Å². The van der Waals surface area contributed by atoms with E-state index in [2.05, 4.69) is 0 Å². The second kappa shape index (κ2) is 8.84. The van der Waals surface area contributed by atoms with Crippen LogP contribution in [0.2, 0.25) is 0 Å². The molecule has 0 aliphatic carbocycles. The van der Waals surface area contributed by atoms with Gasteiger partial charge in [0.1, 0.15) is 17.2 Å². The van der Waals surface area contributed by atoms with Gasteiger partial charge in [-0.15, -0.1) is 0 Å². The summed E-state index contributed by atoms with van der Waals surface area (Å²) < 4.78 is 10.5. The number of methoxy groups -OCH3 is 2. The number of aliphatic carboxylic acids is 1. The highest BCUT2D eigenvalue weighted by molar-refractivity contribution is 5.83. The first-order valence-electron chi connectivity index (χ1n) is 6.78. The smallest absolute Gasteiger partial charge is 0.303 e. The molecule has 0 bridgehead atoms. The first kappa shape index (κ1) is 16.8. The summed E-state index contributed by atoms with van der Waals surface area (Å²) in [4.78, 5) is 23.3. The highest BCUT2D eigenvalue weighted by Gasteiger charge is 2.16. The number of rotatable bonds is 10. The second-order valence-corrected chi connectivity index (χ2v) is 4.51. The summed E-state index contributed by atoms with van der Waals surface area (Å²) in [5, 5.41) is 8.58. The van der Waals surface area contributed by atoms with Crippen molar-refractivity contribution in [1.82, 2.24) is 0 Å². The Balaban J connectivity index is 2.71. The van der Waals surface area contributed by atoms with Gasteiger partial charge in [-0.2, -0.15) is 0 Å². The topological polar surface area (TPSA) is 76.1 Å². The lowest BCUT2D eigenvalue weighted by Crippen LogP contribution is -2.23. The number of carboxylic acid groups (broad SMARTS) is 1. The minimum atomic E-state index is -0.798. The molecular formula is C15H21NO5. The van der Waals surface area contributed by atoms with Crippen LogP contribution in [0.25, 0.3) is 0 Å². The van der Waals surface area contributed by atoms with Crippen molar-refractivity contribution in [2.75, 3.05) is 25.7 Å². The average molecular weight is 295 g/mol. The van der Waals surface area contributed by atoms with Crippen LogP contribution in [0, 0.1) is 0 Å². The lowest BCUT2D eigenvalue weighted by atomic mass is 10.1. The van der Waals surface area contributed by atoms with Crippen LogP contribution in [0.3, 0.4) is 0 Å². The second-order valence-electron chi connectivity index (χ2n) is 4.51. The molecular weight excluding hydrogens is 274 g/mol. The molecule has 6 nitrogen and oxygen atoms in total. The van der Waals surface area contributed by atoms with Crippen LogP contribution in [0.5, 0.6) is 11.5 Å². The van der Waals surface area contributed by atoms with Crippen molar-refractivity contribution in [1.29, 1.82) is 0 Å². The number of hydrogen-bond donors (Lipinski definition) is 1. The summed E-state index contributed by atoms with van der Waals surface area (Å²) in [7, 11) is 3.07. The number of carbonyl (C=O) groups excluding carboxylic acids is 1. The van der Waals surface area contributed by atoms with Gasteiger partial charge in [-0.05, 0) is 25.0 Å². The van der Waals surface area contributed by atoms with Gasteiger partial charge in [0.15, 0.2) is 0 Å². The molecule has 1 amide bonds. The molecule has 0 fully saturated rings. The van der Waals surface area contributed by atoms with Crippen molar-refractivity contribution in [2.45, 2.75) is 25.7 Å². The molecule has 0 spiro atoms. The molecule has 0 unspecified atom stereocenters. The lowest BCUT2D eigenvalue weighted by Gasteiger charge is -2.22. The van der Waals surface area contributed by atoms with Gasteiger partial charge in [0.25, 0.3) is 0 Å². The minimum Gasteiger partial charge on any atom is -0.494 e. The Bertz CT molecular complexity index is 453. The molecule has 0 saturated carbocycles. The van der Waals surface area contributed by atoms with Crippen molar-refractivity contribution in [3.05, 3.63) is 18.2 Å². The fourth-order valence-electron chi connectivity index (χ4n) is 2.07. The maximum absolute atomic E-state index is 11.3. The molecule has 0 radical (unpaired) electrons. The highest BCUT2D eigenvalue weighted by atomic mass is 16.5. The van der Waals surface area contributed by atoms with Crippen LogP contribution in [0.4, 0.5) is 5.69 Å². The summed E-state index contributed by atoms with van der Waals surface area (Å²) in [6, 6.07) is 5.31. The van der Waals surface area contributed by atoms with E-state index in [1.54, 1.807) is 18.2 Å². The van der Waals surface area contributed by atoms with Gasteiger partial charge >= 0.3 is 5.97 Å². The lowest BCUT2D eigenvalue weighted by molar-refractivity contribution is -0.137. The molecule has 0 aliphatic rings. The number of nitrogens with zero attached hydrogens (tertiary/aromatic N) is 1. The van der Waals surface area contributed by atoms with Gasteiger partial charge in [0, 0.05) is 13.0 Å². The maximum Gasteiger partial charge on any atom is 0.303 e. The van der Waals surface area contributed by atoms with Crippen LogP contribution in [0.15, 0.2) is 18.2 Å². The van der Waals surface area contributed by atoms with E-state index in [0.29, 0.717) is 36.6 Å². The molecule has 1 rings (SSSR count). The Hall–Kier alpha value is -2.24. The van der Waals surface area contributed by atoms with Crippen molar-refractivity contribution in [3.8, 4) is 11.5 Å². The number of para-hydroxylation sites is 1. The predicted octanol–water partition coefficient (Wildman–Crippen LogP) is 2.31. The molecule has 1 aromatic rings. The van der Waals surface area contributed by atoms with Crippen LogP contribution >= 0.6 is 0 Å². The van der Waals surface area contributed by atoms with Gasteiger partial charge in [-0.3, -0.25) is 9.59 Å². The summed E-state index contributed by atoms with van der Waals surface area (Å²) in [5.74, 6) is 0.326. The highest BCUT2D eigenvalue weighted by Crippen LogP contribution is 2.37. The van der Waals surface area contributed by atoms with E-state index < -0.39 is 5.97 Å². The third-order valence-electron chi connectivity index (χ3n) is 3.11. The normalized spacial score (nSPS) is 10.0. The Morgan fingerprint density at radius 3 is 2.29 bits per heavy atom. The van der Waals surface area contributed by atoms with Crippen molar-refractivity contribution in [3.63, 3.8) is 0 Å². The zero-order valence-electron chi connectivity index (χ0n) is 12.4. The van der Waals surface area contributed by atoms with E-state index in [1.165, 1.54) is 19.1 Å². The van der Waals surface area contributed by atoms with E-state index in [9.17, 15) is 9.59 Å². The molecule has 0 saturated heterocycles. The molecule has 6 heteroatoms. The number of carbonyl (C=O) groups is 2. The Labute approximate surface area is 124 Å². The molecule has 1 N–H and O–H groups in total. The van der Waals surface area contributed by atoms with Gasteiger partial charge in [-0.25, -0.2) is 0 Å². The Kier molecular flexibility index (Phi) is 7.08. The number of carboxylic acids is 1. The fourth-order valence-corrected chi connectivity index (χ4v) is 2.07. The van der Waals surface area contributed by atoms with Gasteiger partial charge in [-0.1, -0.05) is 12.5 Å². The first-order chi connectivity index (χ1) is 10.1. The van der Waals surface area contributed by atoms with Gasteiger partial charge < -0.3 is 19.5 Å². The van der Waals surface area contributed by atoms with E-state index in [0.717, 1.165) is 12.8 Å². The number of hydrogen-bond acceptors (Lipinski definition) is 4. The number of anilines is 1. The summed E-state index contributed by atoms with van der Waals surface area (Å²) in [6.45, 7) is 0.486. The molecule has 0 aliphatic heterocycles. The standard InChI is InChI=1S/C15H21NO5/c1-20-12-7-6-8-13(21-2)15(12)16(11-17)10-5-3-4-9-14(18)19/h6-8,11H,3-5,9-10H2,1-2H3,(H,18,19). The fraction of sp³-hybridized carbons (Fsp3) is 0.467. The largest absolute Gasteiger partial charge is 0.494 e. The minimum absolute atomic E-state index is 0.152. The van der Waals surface area contributed by atoms with Crippen LogP contribution < -0.4 is 14.4 Å². The van der Waals surface area contributed by atoms with Crippen molar-refractivity contribution < 1.29 is 24.2 Å².